The quantitative estimate of drug-likeness (QED) is 0.923. The molecule has 0 amide bonds. The van der Waals surface area contributed by atoms with E-state index in [0.29, 0.717) is 5.56 Å². The first-order valence-corrected chi connectivity index (χ1v) is 7.19. The van der Waals surface area contributed by atoms with Crippen molar-refractivity contribution in [1.29, 1.82) is 0 Å². The Morgan fingerprint density at radius 2 is 2.33 bits per heavy atom. The molecule has 0 spiro atoms. The number of benzene rings is 1. The Kier molecular flexibility index (Phi) is 4.27. The topological polar surface area (TPSA) is 40.5 Å². The average Bonchev–Trinajstić information content (AvgIpc) is 2.38. The van der Waals surface area contributed by atoms with E-state index in [0.717, 1.165) is 29.2 Å². The van der Waals surface area contributed by atoms with Gasteiger partial charge in [-0.25, -0.2) is 4.79 Å². The van der Waals surface area contributed by atoms with Gasteiger partial charge >= 0.3 is 5.97 Å². The third kappa shape index (κ3) is 2.86. The summed E-state index contributed by atoms with van der Waals surface area (Å²) in [4.78, 5) is 13.3. The molecule has 1 aromatic carbocycles. The molecule has 3 nitrogen and oxygen atoms in total. The molecule has 0 aromatic heterocycles. The first kappa shape index (κ1) is 13.4. The van der Waals surface area contributed by atoms with E-state index in [1.165, 1.54) is 19.3 Å². The highest BCUT2D eigenvalue weighted by molar-refractivity contribution is 9.10. The minimum atomic E-state index is -0.882. The highest BCUT2D eigenvalue weighted by Crippen LogP contribution is 2.31. The minimum Gasteiger partial charge on any atom is -0.478 e. The molecule has 1 fully saturated rings. The molecule has 1 saturated heterocycles. The van der Waals surface area contributed by atoms with E-state index in [4.69, 9.17) is 5.11 Å². The van der Waals surface area contributed by atoms with Gasteiger partial charge in [0.05, 0.1) is 11.3 Å². The fourth-order valence-electron chi connectivity index (χ4n) is 2.51. The number of halogens is 1. The number of piperidine rings is 1. The lowest BCUT2D eigenvalue weighted by Crippen LogP contribution is -2.35. The summed E-state index contributed by atoms with van der Waals surface area (Å²) >= 11 is 3.49. The fraction of sp³-hybridized carbons (Fsp3) is 0.500. The Labute approximate surface area is 116 Å². The number of carboxylic acids is 1. The molecule has 98 valence electrons. The second-order valence-electron chi connectivity index (χ2n) is 4.83. The second-order valence-corrected chi connectivity index (χ2v) is 5.69. The molecule has 1 heterocycles. The second kappa shape index (κ2) is 5.74. The van der Waals surface area contributed by atoms with Gasteiger partial charge in [0.25, 0.3) is 0 Å². The van der Waals surface area contributed by atoms with Gasteiger partial charge in [-0.1, -0.05) is 13.3 Å². The van der Waals surface area contributed by atoms with Crippen LogP contribution >= 0.6 is 15.9 Å². The van der Waals surface area contributed by atoms with Crippen molar-refractivity contribution in [2.24, 2.45) is 5.92 Å². The first-order chi connectivity index (χ1) is 8.61. The SMILES string of the molecule is CCC1CCCN(c2ccc(C(=O)O)cc2Br)C1. The molecule has 0 saturated carbocycles. The van der Waals surface area contributed by atoms with Crippen molar-refractivity contribution in [2.45, 2.75) is 26.2 Å². The van der Waals surface area contributed by atoms with Crippen LogP contribution < -0.4 is 4.90 Å². The van der Waals surface area contributed by atoms with Crippen LogP contribution in [0.2, 0.25) is 0 Å². The summed E-state index contributed by atoms with van der Waals surface area (Å²) in [5, 5.41) is 8.96. The fourth-order valence-corrected chi connectivity index (χ4v) is 3.14. The first-order valence-electron chi connectivity index (χ1n) is 6.39. The largest absolute Gasteiger partial charge is 0.478 e. The zero-order chi connectivity index (χ0) is 13.1. The van der Waals surface area contributed by atoms with Crippen LogP contribution in [0, 0.1) is 5.92 Å². The number of hydrogen-bond acceptors (Lipinski definition) is 2. The number of carbonyl (C=O) groups is 1. The summed E-state index contributed by atoms with van der Waals surface area (Å²) in [6.45, 7) is 4.36. The standard InChI is InChI=1S/C14H18BrNO2/c1-2-10-4-3-7-16(9-10)13-6-5-11(14(17)18)8-12(13)15/h5-6,8,10H,2-4,7,9H2,1H3,(H,17,18). The van der Waals surface area contributed by atoms with Crippen LogP contribution in [-0.4, -0.2) is 24.2 Å². The Morgan fingerprint density at radius 3 is 2.94 bits per heavy atom. The Hall–Kier alpha value is -1.03. The summed E-state index contributed by atoms with van der Waals surface area (Å²) in [6.07, 6.45) is 3.73. The van der Waals surface area contributed by atoms with Gasteiger partial charge in [-0.2, -0.15) is 0 Å². The summed E-state index contributed by atoms with van der Waals surface area (Å²) in [7, 11) is 0. The third-order valence-corrected chi connectivity index (χ3v) is 4.27. The van der Waals surface area contributed by atoms with Crippen LogP contribution in [0.5, 0.6) is 0 Å². The van der Waals surface area contributed by atoms with Crippen molar-refractivity contribution in [3.8, 4) is 0 Å². The summed E-state index contributed by atoms with van der Waals surface area (Å²) in [5.74, 6) is -0.128. The molecule has 18 heavy (non-hydrogen) atoms. The highest BCUT2D eigenvalue weighted by Gasteiger charge is 2.20. The third-order valence-electron chi connectivity index (χ3n) is 3.63. The van der Waals surface area contributed by atoms with E-state index in [1.807, 2.05) is 6.07 Å². The van der Waals surface area contributed by atoms with E-state index < -0.39 is 5.97 Å². The van der Waals surface area contributed by atoms with Gasteiger partial charge in [-0.3, -0.25) is 0 Å². The van der Waals surface area contributed by atoms with Crippen molar-refractivity contribution in [1.82, 2.24) is 0 Å². The van der Waals surface area contributed by atoms with Crippen LogP contribution in [0.15, 0.2) is 22.7 Å². The molecule has 0 radical (unpaired) electrons. The van der Waals surface area contributed by atoms with E-state index in [-0.39, 0.29) is 0 Å². The van der Waals surface area contributed by atoms with Gasteiger partial charge in [0.1, 0.15) is 0 Å². The number of rotatable bonds is 3. The van der Waals surface area contributed by atoms with Crippen LogP contribution in [-0.2, 0) is 0 Å². The Bertz CT molecular complexity index is 447. The summed E-state index contributed by atoms with van der Waals surface area (Å²) in [6, 6.07) is 5.27. The normalized spacial score (nSPS) is 19.9. The van der Waals surface area contributed by atoms with Gasteiger partial charge in [0, 0.05) is 17.6 Å². The van der Waals surface area contributed by atoms with Crippen molar-refractivity contribution < 1.29 is 9.90 Å². The number of carboxylic acid groups (broad SMARTS) is 1. The maximum absolute atomic E-state index is 10.9. The molecule has 1 aliphatic rings. The Morgan fingerprint density at radius 1 is 1.56 bits per heavy atom. The lowest BCUT2D eigenvalue weighted by Gasteiger charge is -2.34. The van der Waals surface area contributed by atoms with Gasteiger partial charge < -0.3 is 10.0 Å². The highest BCUT2D eigenvalue weighted by atomic mass is 79.9. The molecule has 4 heteroatoms. The summed E-state index contributed by atoms with van der Waals surface area (Å²) < 4.78 is 0.874. The molecule has 1 aromatic rings. The van der Waals surface area contributed by atoms with Crippen LogP contribution in [0.3, 0.4) is 0 Å². The van der Waals surface area contributed by atoms with E-state index >= 15 is 0 Å². The van der Waals surface area contributed by atoms with Gasteiger partial charge in [-0.15, -0.1) is 0 Å². The monoisotopic (exact) mass is 311 g/mol. The lowest BCUT2D eigenvalue weighted by molar-refractivity contribution is 0.0697. The summed E-state index contributed by atoms with van der Waals surface area (Å²) in [5.41, 5.74) is 1.44. The van der Waals surface area contributed by atoms with Gasteiger partial charge in [-0.05, 0) is 52.9 Å². The minimum absolute atomic E-state index is 0.328. The predicted octanol–water partition coefficient (Wildman–Crippen LogP) is 3.77. The van der Waals surface area contributed by atoms with Crippen molar-refractivity contribution in [3.05, 3.63) is 28.2 Å². The molecule has 1 unspecified atom stereocenters. The molecule has 2 rings (SSSR count). The molecular formula is C14H18BrNO2. The van der Waals surface area contributed by atoms with Crippen molar-refractivity contribution in [3.63, 3.8) is 0 Å². The van der Waals surface area contributed by atoms with E-state index in [9.17, 15) is 4.79 Å². The van der Waals surface area contributed by atoms with Crippen LogP contribution in [0.25, 0.3) is 0 Å². The van der Waals surface area contributed by atoms with E-state index in [1.54, 1.807) is 12.1 Å². The molecule has 0 aliphatic carbocycles. The Balaban J connectivity index is 2.20. The maximum Gasteiger partial charge on any atom is 0.335 e. The van der Waals surface area contributed by atoms with Crippen LogP contribution in [0.4, 0.5) is 5.69 Å². The molecule has 1 aliphatic heterocycles. The molecule has 0 bridgehead atoms. The number of aromatic carboxylic acids is 1. The van der Waals surface area contributed by atoms with Gasteiger partial charge in [0.15, 0.2) is 0 Å². The maximum atomic E-state index is 10.9. The number of anilines is 1. The molecule has 1 N–H and O–H groups in total. The molecular weight excluding hydrogens is 294 g/mol. The lowest BCUT2D eigenvalue weighted by atomic mass is 9.95. The van der Waals surface area contributed by atoms with E-state index in [2.05, 4.69) is 27.8 Å². The zero-order valence-corrected chi connectivity index (χ0v) is 12.1. The number of nitrogens with zero attached hydrogens (tertiary/aromatic N) is 1. The average molecular weight is 312 g/mol. The smallest absolute Gasteiger partial charge is 0.335 e. The van der Waals surface area contributed by atoms with Gasteiger partial charge in [0.2, 0.25) is 0 Å². The number of hydrogen-bond donors (Lipinski definition) is 1. The molecule has 1 atom stereocenters. The van der Waals surface area contributed by atoms with Crippen molar-refractivity contribution in [2.75, 3.05) is 18.0 Å². The predicted molar refractivity (Wildman–Crippen MR) is 76.3 cm³/mol. The van der Waals surface area contributed by atoms with Crippen LogP contribution in [0.1, 0.15) is 36.5 Å². The zero-order valence-electron chi connectivity index (χ0n) is 10.5. The van der Waals surface area contributed by atoms with Crippen molar-refractivity contribution >= 4 is 27.6 Å².